The minimum Gasteiger partial charge on any atom is -0.248 e. The zero-order chi connectivity index (χ0) is 22.1. The number of pyridine rings is 1. The van der Waals surface area contributed by atoms with Gasteiger partial charge in [-0.05, 0) is 40.5 Å². The molecule has 2 heteroatoms. The predicted molar refractivity (Wildman–Crippen MR) is 141 cm³/mol. The van der Waals surface area contributed by atoms with Crippen LogP contribution < -0.4 is 5.19 Å². The standard InChI is InChI=1S/C30H27NSi/c1-32(2,3)26-17-18-29-28(20-26)27(23-13-8-5-9-14-23)21-30(31-29)25-16-10-15-24(19-25)22-11-6-4-7-12-22/h4-21H,1-3H3. The van der Waals surface area contributed by atoms with Crippen molar-refractivity contribution in [1.82, 2.24) is 4.98 Å². The molecule has 0 aliphatic carbocycles. The number of nitrogens with zero attached hydrogens (tertiary/aromatic N) is 1. The lowest BCUT2D eigenvalue weighted by molar-refractivity contribution is 1.40. The molecule has 4 aromatic carbocycles. The number of aromatic nitrogens is 1. The van der Waals surface area contributed by atoms with Gasteiger partial charge in [-0.15, -0.1) is 0 Å². The van der Waals surface area contributed by atoms with Gasteiger partial charge in [0.15, 0.2) is 0 Å². The van der Waals surface area contributed by atoms with Gasteiger partial charge in [0.2, 0.25) is 0 Å². The molecule has 0 aliphatic heterocycles. The molecule has 5 rings (SSSR count). The van der Waals surface area contributed by atoms with Crippen LogP contribution in [-0.2, 0) is 0 Å². The maximum atomic E-state index is 5.11. The highest BCUT2D eigenvalue weighted by Crippen LogP contribution is 2.33. The highest BCUT2D eigenvalue weighted by molar-refractivity contribution is 6.88. The van der Waals surface area contributed by atoms with Gasteiger partial charge >= 0.3 is 0 Å². The number of hydrogen-bond donors (Lipinski definition) is 0. The number of fused-ring (bicyclic) bond motifs is 1. The molecule has 0 saturated carbocycles. The summed E-state index contributed by atoms with van der Waals surface area (Å²) < 4.78 is 0. The lowest BCUT2D eigenvalue weighted by atomic mass is 9.97. The van der Waals surface area contributed by atoms with E-state index in [9.17, 15) is 0 Å². The normalized spacial score (nSPS) is 11.6. The molecule has 0 fully saturated rings. The van der Waals surface area contributed by atoms with Crippen molar-refractivity contribution in [2.24, 2.45) is 0 Å². The lowest BCUT2D eigenvalue weighted by Gasteiger charge is -2.19. The average molecular weight is 430 g/mol. The first-order chi connectivity index (χ1) is 15.5. The second kappa shape index (κ2) is 8.21. The largest absolute Gasteiger partial charge is 0.248 e. The van der Waals surface area contributed by atoms with E-state index in [1.54, 1.807) is 0 Å². The van der Waals surface area contributed by atoms with E-state index in [-0.39, 0.29) is 0 Å². The van der Waals surface area contributed by atoms with E-state index in [2.05, 4.69) is 129 Å². The zero-order valence-corrected chi connectivity index (χ0v) is 19.8. The summed E-state index contributed by atoms with van der Waals surface area (Å²) in [6.45, 7) is 7.19. The first kappa shape index (κ1) is 20.4. The summed E-state index contributed by atoms with van der Waals surface area (Å²) in [7, 11) is -1.42. The fourth-order valence-electron chi connectivity index (χ4n) is 4.19. The van der Waals surface area contributed by atoms with Gasteiger partial charge in [0, 0.05) is 10.9 Å². The SMILES string of the molecule is C[Si](C)(C)c1ccc2nc(-c3cccc(-c4ccccc4)c3)cc(-c3ccccc3)c2c1. The molecule has 156 valence electrons. The Balaban J connectivity index is 1.72. The van der Waals surface area contributed by atoms with E-state index in [4.69, 9.17) is 4.98 Å². The quantitative estimate of drug-likeness (QED) is 0.266. The smallest absolute Gasteiger partial charge is 0.0776 e. The molecule has 0 amide bonds. The summed E-state index contributed by atoms with van der Waals surface area (Å²) in [6, 6.07) is 39.0. The fourth-order valence-corrected chi connectivity index (χ4v) is 5.35. The van der Waals surface area contributed by atoms with Gasteiger partial charge in [0.25, 0.3) is 0 Å². The minimum absolute atomic E-state index is 1.01. The van der Waals surface area contributed by atoms with Crippen molar-refractivity contribution < 1.29 is 0 Å². The van der Waals surface area contributed by atoms with Crippen LogP contribution in [0.15, 0.2) is 109 Å². The van der Waals surface area contributed by atoms with E-state index in [1.807, 2.05) is 0 Å². The Morgan fingerprint density at radius 1 is 0.531 bits per heavy atom. The lowest BCUT2D eigenvalue weighted by Crippen LogP contribution is -2.37. The third-order valence-electron chi connectivity index (χ3n) is 6.02. The Morgan fingerprint density at radius 2 is 1.16 bits per heavy atom. The van der Waals surface area contributed by atoms with Crippen molar-refractivity contribution in [2.45, 2.75) is 19.6 Å². The summed E-state index contributed by atoms with van der Waals surface area (Å²) in [5.41, 5.74) is 8.10. The summed E-state index contributed by atoms with van der Waals surface area (Å²) in [6.07, 6.45) is 0. The highest BCUT2D eigenvalue weighted by Gasteiger charge is 2.18. The zero-order valence-electron chi connectivity index (χ0n) is 18.8. The molecule has 0 spiro atoms. The fraction of sp³-hybridized carbons (Fsp3) is 0.100. The van der Waals surface area contributed by atoms with E-state index in [1.165, 1.54) is 32.8 Å². The van der Waals surface area contributed by atoms with Gasteiger partial charge in [-0.2, -0.15) is 0 Å². The van der Waals surface area contributed by atoms with Crippen LogP contribution in [0.5, 0.6) is 0 Å². The second-order valence-electron chi connectivity index (χ2n) is 9.35. The van der Waals surface area contributed by atoms with Crippen molar-refractivity contribution in [2.75, 3.05) is 0 Å². The van der Waals surface area contributed by atoms with Crippen LogP contribution in [0, 0.1) is 0 Å². The summed E-state index contributed by atoms with van der Waals surface area (Å²) >= 11 is 0. The number of rotatable bonds is 4. The van der Waals surface area contributed by atoms with Crippen molar-refractivity contribution in [1.29, 1.82) is 0 Å². The second-order valence-corrected chi connectivity index (χ2v) is 14.4. The number of hydrogen-bond acceptors (Lipinski definition) is 1. The molecule has 0 radical (unpaired) electrons. The van der Waals surface area contributed by atoms with Gasteiger partial charge < -0.3 is 0 Å². The molecule has 0 unspecified atom stereocenters. The molecule has 32 heavy (non-hydrogen) atoms. The first-order valence-electron chi connectivity index (χ1n) is 11.2. The molecule has 1 heterocycles. The summed E-state index contributed by atoms with van der Waals surface area (Å²) in [5.74, 6) is 0. The van der Waals surface area contributed by atoms with Crippen LogP contribution in [0.4, 0.5) is 0 Å². The topological polar surface area (TPSA) is 12.9 Å². The van der Waals surface area contributed by atoms with Crippen LogP contribution in [0.25, 0.3) is 44.4 Å². The Morgan fingerprint density at radius 3 is 1.84 bits per heavy atom. The van der Waals surface area contributed by atoms with Crippen molar-refractivity contribution in [3.8, 4) is 33.5 Å². The van der Waals surface area contributed by atoms with Crippen LogP contribution in [0.3, 0.4) is 0 Å². The van der Waals surface area contributed by atoms with E-state index in [0.29, 0.717) is 0 Å². The van der Waals surface area contributed by atoms with Crippen LogP contribution >= 0.6 is 0 Å². The number of benzene rings is 4. The molecule has 0 aliphatic rings. The average Bonchev–Trinajstić information content (AvgIpc) is 2.83. The first-order valence-corrected chi connectivity index (χ1v) is 14.7. The molecular formula is C30H27NSi. The molecule has 0 bridgehead atoms. The predicted octanol–water partition coefficient (Wildman–Crippen LogP) is 7.78. The molecule has 0 saturated heterocycles. The Bertz CT molecular complexity index is 1380. The Kier molecular flexibility index (Phi) is 5.24. The van der Waals surface area contributed by atoms with Crippen LogP contribution in [0.2, 0.25) is 19.6 Å². The van der Waals surface area contributed by atoms with E-state index in [0.717, 1.165) is 16.8 Å². The summed E-state index contributed by atoms with van der Waals surface area (Å²) in [4.78, 5) is 5.11. The van der Waals surface area contributed by atoms with Crippen LogP contribution in [-0.4, -0.2) is 13.1 Å². The molecule has 5 aromatic rings. The van der Waals surface area contributed by atoms with Gasteiger partial charge in [-0.1, -0.05) is 116 Å². The maximum Gasteiger partial charge on any atom is 0.0776 e. The monoisotopic (exact) mass is 429 g/mol. The van der Waals surface area contributed by atoms with Crippen molar-refractivity contribution in [3.05, 3.63) is 109 Å². The molecule has 1 aromatic heterocycles. The van der Waals surface area contributed by atoms with Gasteiger partial charge in [-0.25, -0.2) is 4.98 Å². The van der Waals surface area contributed by atoms with Crippen molar-refractivity contribution in [3.63, 3.8) is 0 Å². The maximum absolute atomic E-state index is 5.11. The molecular weight excluding hydrogens is 402 g/mol. The van der Waals surface area contributed by atoms with E-state index < -0.39 is 8.07 Å². The summed E-state index contributed by atoms with van der Waals surface area (Å²) in [5, 5.41) is 2.70. The van der Waals surface area contributed by atoms with Gasteiger partial charge in [0.1, 0.15) is 0 Å². The van der Waals surface area contributed by atoms with Gasteiger partial charge in [0.05, 0.1) is 19.3 Å². The third-order valence-corrected chi connectivity index (χ3v) is 8.07. The Hall–Kier alpha value is -3.49. The van der Waals surface area contributed by atoms with E-state index >= 15 is 0 Å². The van der Waals surface area contributed by atoms with Crippen molar-refractivity contribution >= 4 is 24.2 Å². The minimum atomic E-state index is -1.42. The van der Waals surface area contributed by atoms with Crippen LogP contribution in [0.1, 0.15) is 0 Å². The van der Waals surface area contributed by atoms with Gasteiger partial charge in [-0.3, -0.25) is 0 Å². The third kappa shape index (κ3) is 4.02. The molecule has 0 atom stereocenters. The molecule has 0 N–H and O–H groups in total. The highest BCUT2D eigenvalue weighted by atomic mass is 28.3. The molecule has 1 nitrogen and oxygen atoms in total. The Labute approximate surface area is 191 Å².